The average Bonchev–Trinajstić information content (AvgIpc) is 2.39. The van der Waals surface area contributed by atoms with Crippen LogP contribution in [0.2, 0.25) is 0 Å². The molecule has 0 radical (unpaired) electrons. The second-order valence-corrected chi connectivity index (χ2v) is 4.23. The quantitative estimate of drug-likeness (QED) is 0.605. The minimum Gasteiger partial charge on any atom is -0.493 e. The number of ether oxygens (including phenoxy) is 1. The van der Waals surface area contributed by atoms with E-state index in [4.69, 9.17) is 9.84 Å². The molecule has 1 aromatic carbocycles. The number of hydrogen-bond acceptors (Lipinski definition) is 4. The molecule has 0 spiro atoms. The van der Waals surface area contributed by atoms with Gasteiger partial charge in [-0.05, 0) is 12.0 Å². The number of carboxylic acid groups (broad SMARTS) is 1. The third kappa shape index (κ3) is 3.94. The standard InChI is InChI=1S/C13H17NO5/c1-3-9(4-2)8-19-10-5-6-12(14(17)18)11(7-10)13(15)16/h5-7,9H,3-4,8H2,1-2H3,(H,15,16). The van der Waals surface area contributed by atoms with Crippen molar-refractivity contribution in [1.82, 2.24) is 0 Å². The highest BCUT2D eigenvalue weighted by Gasteiger charge is 2.20. The van der Waals surface area contributed by atoms with Crippen LogP contribution in [0.4, 0.5) is 5.69 Å². The van der Waals surface area contributed by atoms with Crippen LogP contribution in [0.3, 0.4) is 0 Å². The van der Waals surface area contributed by atoms with Crippen molar-refractivity contribution >= 4 is 11.7 Å². The van der Waals surface area contributed by atoms with Crippen molar-refractivity contribution in [2.75, 3.05) is 6.61 Å². The van der Waals surface area contributed by atoms with Crippen LogP contribution in [0.15, 0.2) is 18.2 Å². The Kier molecular flexibility index (Phi) is 5.29. The van der Waals surface area contributed by atoms with Crippen molar-refractivity contribution in [3.63, 3.8) is 0 Å². The molecule has 0 bridgehead atoms. The predicted molar refractivity (Wildman–Crippen MR) is 69.6 cm³/mol. The second-order valence-electron chi connectivity index (χ2n) is 4.23. The molecule has 0 atom stereocenters. The van der Waals surface area contributed by atoms with Gasteiger partial charge < -0.3 is 9.84 Å². The fraction of sp³-hybridized carbons (Fsp3) is 0.462. The van der Waals surface area contributed by atoms with E-state index in [2.05, 4.69) is 13.8 Å². The smallest absolute Gasteiger partial charge is 0.342 e. The second kappa shape index (κ2) is 6.72. The van der Waals surface area contributed by atoms with Crippen molar-refractivity contribution in [3.8, 4) is 5.75 Å². The molecule has 0 aliphatic heterocycles. The van der Waals surface area contributed by atoms with Crippen molar-refractivity contribution < 1.29 is 19.6 Å². The highest BCUT2D eigenvalue weighted by molar-refractivity contribution is 5.92. The minimum atomic E-state index is -1.33. The topological polar surface area (TPSA) is 89.7 Å². The molecule has 0 aromatic heterocycles. The molecular formula is C13H17NO5. The molecule has 104 valence electrons. The van der Waals surface area contributed by atoms with Crippen molar-refractivity contribution in [2.24, 2.45) is 5.92 Å². The molecule has 0 heterocycles. The maximum atomic E-state index is 11.0. The van der Waals surface area contributed by atoms with Crippen LogP contribution in [0.1, 0.15) is 37.0 Å². The van der Waals surface area contributed by atoms with Crippen LogP contribution in [0.5, 0.6) is 5.75 Å². The highest BCUT2D eigenvalue weighted by atomic mass is 16.6. The number of aromatic carboxylic acids is 1. The van der Waals surface area contributed by atoms with E-state index in [1.165, 1.54) is 12.1 Å². The van der Waals surface area contributed by atoms with Gasteiger partial charge in [0, 0.05) is 12.1 Å². The number of nitro benzene ring substituents is 1. The van der Waals surface area contributed by atoms with Gasteiger partial charge in [0.15, 0.2) is 0 Å². The van der Waals surface area contributed by atoms with Crippen LogP contribution in [-0.4, -0.2) is 22.6 Å². The van der Waals surface area contributed by atoms with Gasteiger partial charge in [-0.25, -0.2) is 4.79 Å². The van der Waals surface area contributed by atoms with Crippen molar-refractivity contribution in [2.45, 2.75) is 26.7 Å². The first-order valence-corrected chi connectivity index (χ1v) is 6.14. The molecule has 1 aromatic rings. The zero-order valence-electron chi connectivity index (χ0n) is 11.0. The summed E-state index contributed by atoms with van der Waals surface area (Å²) in [5.41, 5.74) is -0.783. The van der Waals surface area contributed by atoms with E-state index < -0.39 is 16.6 Å². The average molecular weight is 267 g/mol. The number of rotatable bonds is 7. The Hall–Kier alpha value is -2.11. The summed E-state index contributed by atoms with van der Waals surface area (Å²) < 4.78 is 5.49. The maximum Gasteiger partial charge on any atom is 0.342 e. The molecule has 0 aliphatic rings. The molecule has 6 heteroatoms. The maximum absolute atomic E-state index is 11.0. The summed E-state index contributed by atoms with van der Waals surface area (Å²) in [5, 5.41) is 19.6. The monoisotopic (exact) mass is 267 g/mol. The number of benzene rings is 1. The van der Waals surface area contributed by atoms with Gasteiger partial charge in [0.25, 0.3) is 5.69 Å². The summed E-state index contributed by atoms with van der Waals surface area (Å²) >= 11 is 0. The lowest BCUT2D eigenvalue weighted by molar-refractivity contribution is -0.385. The van der Waals surface area contributed by atoms with Gasteiger partial charge in [-0.1, -0.05) is 26.7 Å². The zero-order valence-corrected chi connectivity index (χ0v) is 11.0. The lowest BCUT2D eigenvalue weighted by atomic mass is 10.1. The Balaban J connectivity index is 2.90. The summed E-state index contributed by atoms with van der Waals surface area (Å²) in [6.07, 6.45) is 1.94. The number of carbonyl (C=O) groups is 1. The number of hydrogen-bond donors (Lipinski definition) is 1. The number of nitrogens with zero attached hydrogens (tertiary/aromatic N) is 1. The van der Waals surface area contributed by atoms with E-state index in [0.717, 1.165) is 18.9 Å². The summed E-state index contributed by atoms with van der Waals surface area (Å²) in [4.78, 5) is 21.0. The van der Waals surface area contributed by atoms with Crippen LogP contribution in [-0.2, 0) is 0 Å². The summed E-state index contributed by atoms with van der Waals surface area (Å²) in [6.45, 7) is 4.58. The van der Waals surface area contributed by atoms with Gasteiger partial charge >= 0.3 is 5.97 Å². The Bertz CT molecular complexity index is 468. The summed E-state index contributed by atoms with van der Waals surface area (Å²) in [6, 6.07) is 3.78. The van der Waals surface area contributed by atoms with Gasteiger partial charge in [-0.3, -0.25) is 10.1 Å². The third-order valence-corrected chi connectivity index (χ3v) is 3.04. The van der Waals surface area contributed by atoms with Crippen LogP contribution in [0, 0.1) is 16.0 Å². The van der Waals surface area contributed by atoms with Gasteiger partial charge in [-0.2, -0.15) is 0 Å². The fourth-order valence-electron chi connectivity index (χ4n) is 1.67. The molecule has 0 saturated carbocycles. The molecule has 6 nitrogen and oxygen atoms in total. The van der Waals surface area contributed by atoms with E-state index in [1.54, 1.807) is 0 Å². The number of carboxylic acids is 1. The Morgan fingerprint density at radius 1 is 1.42 bits per heavy atom. The Morgan fingerprint density at radius 3 is 2.53 bits per heavy atom. The summed E-state index contributed by atoms with van der Waals surface area (Å²) in [5.74, 6) is -0.599. The first kappa shape index (κ1) is 14.9. The van der Waals surface area contributed by atoms with E-state index in [9.17, 15) is 14.9 Å². The van der Waals surface area contributed by atoms with Crippen LogP contribution in [0.25, 0.3) is 0 Å². The largest absolute Gasteiger partial charge is 0.493 e. The van der Waals surface area contributed by atoms with Crippen molar-refractivity contribution in [3.05, 3.63) is 33.9 Å². The molecule has 0 unspecified atom stereocenters. The van der Waals surface area contributed by atoms with Gasteiger partial charge in [0.1, 0.15) is 11.3 Å². The van der Waals surface area contributed by atoms with Crippen LogP contribution >= 0.6 is 0 Å². The van der Waals surface area contributed by atoms with E-state index in [0.29, 0.717) is 18.3 Å². The lowest BCUT2D eigenvalue weighted by Gasteiger charge is -2.13. The molecule has 0 aliphatic carbocycles. The first-order chi connectivity index (χ1) is 8.99. The Morgan fingerprint density at radius 2 is 2.05 bits per heavy atom. The molecule has 0 saturated heterocycles. The highest BCUT2D eigenvalue weighted by Crippen LogP contribution is 2.24. The molecule has 1 rings (SSSR count). The van der Waals surface area contributed by atoms with Crippen molar-refractivity contribution in [1.29, 1.82) is 0 Å². The molecule has 1 N–H and O–H groups in total. The zero-order chi connectivity index (χ0) is 14.4. The Labute approximate surface area is 111 Å². The minimum absolute atomic E-state index is 0.343. The predicted octanol–water partition coefficient (Wildman–Crippen LogP) is 3.11. The number of nitro groups is 1. The lowest BCUT2D eigenvalue weighted by Crippen LogP contribution is -2.11. The third-order valence-electron chi connectivity index (χ3n) is 3.04. The molecule has 19 heavy (non-hydrogen) atoms. The van der Waals surface area contributed by atoms with E-state index in [1.807, 2.05) is 0 Å². The van der Waals surface area contributed by atoms with Gasteiger partial charge in [0.2, 0.25) is 0 Å². The van der Waals surface area contributed by atoms with Gasteiger partial charge in [-0.15, -0.1) is 0 Å². The SMILES string of the molecule is CCC(CC)COc1ccc([N+](=O)[O-])c(C(=O)O)c1. The van der Waals surface area contributed by atoms with Crippen LogP contribution < -0.4 is 4.74 Å². The normalized spacial score (nSPS) is 10.5. The van der Waals surface area contributed by atoms with E-state index in [-0.39, 0.29) is 5.56 Å². The first-order valence-electron chi connectivity index (χ1n) is 6.14. The van der Waals surface area contributed by atoms with E-state index >= 15 is 0 Å². The van der Waals surface area contributed by atoms with Gasteiger partial charge in [0.05, 0.1) is 11.5 Å². The fourth-order valence-corrected chi connectivity index (χ4v) is 1.67. The summed E-state index contributed by atoms with van der Waals surface area (Å²) in [7, 11) is 0. The molecular weight excluding hydrogens is 250 g/mol. The molecule has 0 fully saturated rings. The molecule has 0 amide bonds.